The van der Waals surface area contributed by atoms with Gasteiger partial charge in [0, 0.05) is 12.8 Å². The van der Waals surface area contributed by atoms with Crippen LogP contribution in [0.3, 0.4) is 0 Å². The molecule has 0 aliphatic heterocycles. The lowest BCUT2D eigenvalue weighted by atomic mass is 10.1. The lowest BCUT2D eigenvalue weighted by Gasteiger charge is -1.97. The Hall–Kier alpha value is -2.11. The third kappa shape index (κ3) is 15.9. The second kappa shape index (κ2) is 14.9. The molecule has 0 spiro atoms. The molecule has 106 valence electrons. The minimum atomic E-state index is -0.699. The maximum absolute atomic E-state index is 10.3. The van der Waals surface area contributed by atoms with E-state index in [1.165, 1.54) is 0 Å². The summed E-state index contributed by atoms with van der Waals surface area (Å²) in [6.45, 7) is 1.98. The summed E-state index contributed by atoms with van der Waals surface area (Å²) in [5.41, 5.74) is 0. The zero-order valence-electron chi connectivity index (χ0n) is 12.2. The van der Waals surface area contributed by atoms with Gasteiger partial charge >= 0.3 is 5.97 Å². The van der Waals surface area contributed by atoms with Crippen molar-refractivity contribution in [1.82, 2.24) is 0 Å². The Balaban J connectivity index is 3.46. The molecule has 2 heteroatoms. The molecule has 20 heavy (non-hydrogen) atoms. The van der Waals surface area contributed by atoms with Crippen LogP contribution >= 0.6 is 0 Å². The van der Waals surface area contributed by atoms with Crippen LogP contribution in [0, 0.1) is 35.5 Å². The van der Waals surface area contributed by atoms with E-state index in [1.807, 2.05) is 19.1 Å². The van der Waals surface area contributed by atoms with Crippen molar-refractivity contribution in [3.8, 4) is 35.5 Å². The van der Waals surface area contributed by atoms with Gasteiger partial charge in [-0.25, -0.2) is 0 Å². The second-order valence-electron chi connectivity index (χ2n) is 4.28. The molecule has 0 heterocycles. The maximum atomic E-state index is 10.3. The number of allylic oxidation sites excluding steroid dienone is 2. The Morgan fingerprint density at radius 1 is 1.00 bits per heavy atom. The van der Waals surface area contributed by atoms with Crippen LogP contribution in [0.1, 0.15) is 58.3 Å². The molecule has 0 rings (SSSR count). The van der Waals surface area contributed by atoms with Crippen LogP contribution in [0.15, 0.2) is 12.2 Å². The van der Waals surface area contributed by atoms with Crippen LogP contribution in [0.25, 0.3) is 0 Å². The molecule has 0 amide bonds. The van der Waals surface area contributed by atoms with Crippen LogP contribution in [0.5, 0.6) is 0 Å². The molecule has 0 atom stereocenters. The zero-order chi connectivity index (χ0) is 14.9. The van der Waals surface area contributed by atoms with Crippen molar-refractivity contribution in [3.63, 3.8) is 0 Å². The van der Waals surface area contributed by atoms with Crippen molar-refractivity contribution in [1.29, 1.82) is 0 Å². The van der Waals surface area contributed by atoms with E-state index in [9.17, 15) is 4.79 Å². The molecule has 0 saturated carbocycles. The van der Waals surface area contributed by atoms with Gasteiger partial charge in [0.05, 0.1) is 0 Å². The molecular weight excluding hydrogens is 248 g/mol. The van der Waals surface area contributed by atoms with E-state index >= 15 is 0 Å². The summed E-state index contributed by atoms with van der Waals surface area (Å²) in [4.78, 5) is 10.3. The SMILES string of the molecule is CCC#CC#CC#C/C=C/CCCCCCCC(=O)O. The molecule has 0 aliphatic carbocycles. The van der Waals surface area contributed by atoms with E-state index in [-0.39, 0.29) is 0 Å². The Morgan fingerprint density at radius 2 is 1.70 bits per heavy atom. The van der Waals surface area contributed by atoms with Crippen LogP contribution in [0.4, 0.5) is 0 Å². The number of aliphatic carboxylic acids is 1. The number of hydrogen-bond donors (Lipinski definition) is 1. The smallest absolute Gasteiger partial charge is 0.303 e. The number of carbonyl (C=O) groups is 1. The summed E-state index contributed by atoms with van der Waals surface area (Å²) >= 11 is 0. The number of carboxylic acids is 1. The first-order chi connectivity index (χ1) is 9.77. The van der Waals surface area contributed by atoms with Crippen LogP contribution in [-0.4, -0.2) is 11.1 Å². The highest BCUT2D eigenvalue weighted by Gasteiger charge is 1.95. The van der Waals surface area contributed by atoms with Gasteiger partial charge in [-0.05, 0) is 49.0 Å². The molecule has 0 fully saturated rings. The quantitative estimate of drug-likeness (QED) is 0.538. The summed E-state index contributed by atoms with van der Waals surface area (Å²) in [5, 5.41) is 8.48. The highest BCUT2D eigenvalue weighted by Crippen LogP contribution is 2.07. The molecular formula is C18H22O2. The Bertz CT molecular complexity index is 467. The Kier molecular flexibility index (Phi) is 13.4. The fourth-order valence-corrected chi connectivity index (χ4v) is 1.48. The van der Waals surface area contributed by atoms with Crippen molar-refractivity contribution in [3.05, 3.63) is 12.2 Å². The van der Waals surface area contributed by atoms with E-state index in [1.54, 1.807) is 0 Å². The lowest BCUT2D eigenvalue weighted by molar-refractivity contribution is -0.137. The third-order valence-corrected chi connectivity index (χ3v) is 2.49. The molecule has 0 saturated heterocycles. The van der Waals surface area contributed by atoms with Crippen molar-refractivity contribution < 1.29 is 9.90 Å². The molecule has 2 nitrogen and oxygen atoms in total. The zero-order valence-corrected chi connectivity index (χ0v) is 12.2. The van der Waals surface area contributed by atoms with Crippen LogP contribution in [-0.2, 0) is 4.79 Å². The minimum absolute atomic E-state index is 0.291. The topological polar surface area (TPSA) is 37.3 Å². The summed E-state index contributed by atoms with van der Waals surface area (Å²) in [5.74, 6) is 15.8. The van der Waals surface area contributed by atoms with Gasteiger partial charge in [-0.1, -0.05) is 44.1 Å². The Labute approximate surface area is 122 Å². The number of carboxylic acid groups (broad SMARTS) is 1. The monoisotopic (exact) mass is 270 g/mol. The summed E-state index contributed by atoms with van der Waals surface area (Å²) in [6, 6.07) is 0. The van der Waals surface area contributed by atoms with Crippen molar-refractivity contribution in [2.45, 2.75) is 58.3 Å². The van der Waals surface area contributed by atoms with Gasteiger partial charge in [-0.15, -0.1) is 0 Å². The molecule has 0 unspecified atom stereocenters. The molecule has 0 aliphatic rings. The average Bonchev–Trinajstić information content (AvgIpc) is 2.43. The number of rotatable bonds is 8. The third-order valence-electron chi connectivity index (χ3n) is 2.49. The molecule has 0 radical (unpaired) electrons. The highest BCUT2D eigenvalue weighted by molar-refractivity contribution is 5.66. The van der Waals surface area contributed by atoms with Gasteiger partial charge in [0.1, 0.15) is 0 Å². The maximum Gasteiger partial charge on any atom is 0.303 e. The van der Waals surface area contributed by atoms with E-state index in [0.717, 1.165) is 44.9 Å². The van der Waals surface area contributed by atoms with Crippen molar-refractivity contribution in [2.24, 2.45) is 0 Å². The van der Waals surface area contributed by atoms with Gasteiger partial charge in [-0.3, -0.25) is 4.79 Å². The first-order valence-corrected chi connectivity index (χ1v) is 7.12. The molecule has 0 bridgehead atoms. The summed E-state index contributed by atoms with van der Waals surface area (Å²) in [7, 11) is 0. The van der Waals surface area contributed by atoms with Crippen molar-refractivity contribution >= 4 is 5.97 Å². The van der Waals surface area contributed by atoms with E-state index < -0.39 is 5.97 Å². The van der Waals surface area contributed by atoms with E-state index in [4.69, 9.17) is 5.11 Å². The molecule has 0 aromatic heterocycles. The van der Waals surface area contributed by atoms with Gasteiger partial charge in [0.2, 0.25) is 0 Å². The highest BCUT2D eigenvalue weighted by atomic mass is 16.4. The predicted octanol–water partition coefficient (Wildman–Crippen LogP) is 3.78. The van der Waals surface area contributed by atoms with E-state index in [2.05, 4.69) is 35.5 Å². The largest absolute Gasteiger partial charge is 0.481 e. The number of unbranched alkanes of at least 4 members (excludes halogenated alkanes) is 5. The second-order valence-corrected chi connectivity index (χ2v) is 4.28. The van der Waals surface area contributed by atoms with Gasteiger partial charge < -0.3 is 5.11 Å². The van der Waals surface area contributed by atoms with Crippen LogP contribution < -0.4 is 0 Å². The van der Waals surface area contributed by atoms with Crippen molar-refractivity contribution in [2.75, 3.05) is 0 Å². The first-order valence-electron chi connectivity index (χ1n) is 7.12. The van der Waals surface area contributed by atoms with Gasteiger partial charge in [0.25, 0.3) is 0 Å². The van der Waals surface area contributed by atoms with Crippen LogP contribution in [0.2, 0.25) is 0 Å². The molecule has 0 aromatic rings. The first kappa shape index (κ1) is 17.9. The fourth-order valence-electron chi connectivity index (χ4n) is 1.48. The molecule has 1 N–H and O–H groups in total. The fraction of sp³-hybridized carbons (Fsp3) is 0.500. The van der Waals surface area contributed by atoms with E-state index in [0.29, 0.717) is 6.42 Å². The predicted molar refractivity (Wildman–Crippen MR) is 82.7 cm³/mol. The van der Waals surface area contributed by atoms with Gasteiger partial charge in [-0.2, -0.15) is 0 Å². The average molecular weight is 270 g/mol. The number of hydrogen-bond acceptors (Lipinski definition) is 1. The summed E-state index contributed by atoms with van der Waals surface area (Å²) in [6.07, 6.45) is 11.2. The van der Waals surface area contributed by atoms with Gasteiger partial charge in [0.15, 0.2) is 0 Å². The lowest BCUT2D eigenvalue weighted by Crippen LogP contribution is -1.93. The standard InChI is InChI=1S/C18H22O2/c1-2-3-4-5-6-7-8-9-10-11-12-13-14-15-16-17-18(19)20/h9-10H,2,11-17H2,1H3,(H,19,20)/b10-9+. The minimum Gasteiger partial charge on any atom is -0.481 e. The Morgan fingerprint density at radius 3 is 2.45 bits per heavy atom. The summed E-state index contributed by atoms with van der Waals surface area (Å²) < 4.78 is 0. The molecule has 0 aromatic carbocycles. The normalized spacial score (nSPS) is 8.85.